The number of hydrogen-bond acceptors (Lipinski definition) is 5. The van der Waals surface area contributed by atoms with Crippen LogP contribution in [0.4, 0.5) is 0 Å². The Kier molecular flexibility index (Phi) is 5.11. The van der Waals surface area contributed by atoms with Gasteiger partial charge in [0.2, 0.25) is 11.8 Å². The summed E-state index contributed by atoms with van der Waals surface area (Å²) < 4.78 is 1.60. The van der Waals surface area contributed by atoms with Crippen molar-refractivity contribution in [2.24, 2.45) is 5.41 Å². The predicted molar refractivity (Wildman–Crippen MR) is 102 cm³/mol. The Labute approximate surface area is 164 Å². The van der Waals surface area contributed by atoms with E-state index in [1.165, 1.54) is 6.33 Å². The van der Waals surface area contributed by atoms with Gasteiger partial charge in [-0.2, -0.15) is 5.10 Å². The lowest BCUT2D eigenvalue weighted by molar-refractivity contribution is -0.144. The highest BCUT2D eigenvalue weighted by molar-refractivity contribution is 5.80. The fraction of sp³-hybridized carbons (Fsp3) is 0.550. The molecule has 0 radical (unpaired) electrons. The van der Waals surface area contributed by atoms with Crippen LogP contribution in [0.3, 0.4) is 0 Å². The Bertz CT molecular complexity index is 814. The van der Waals surface area contributed by atoms with Gasteiger partial charge in [-0.25, -0.2) is 9.67 Å². The van der Waals surface area contributed by atoms with Gasteiger partial charge in [0.05, 0.1) is 12.2 Å². The van der Waals surface area contributed by atoms with Gasteiger partial charge in [0.1, 0.15) is 18.7 Å². The molecule has 2 aromatic rings. The smallest absolute Gasteiger partial charge is 0.247 e. The van der Waals surface area contributed by atoms with Crippen molar-refractivity contribution in [3.8, 4) is 0 Å². The van der Waals surface area contributed by atoms with Gasteiger partial charge in [-0.05, 0) is 43.7 Å². The van der Waals surface area contributed by atoms with Crippen LogP contribution in [0.15, 0.2) is 37.1 Å². The largest absolute Gasteiger partial charge is 0.341 e. The third kappa shape index (κ3) is 3.76. The SMILES string of the molecule is C[C@H](C(=O)N1CCC2(CCC(=O)N(Cc3ccccn3)C2)CC1)n1cncn1. The Hall–Kier alpha value is -2.77. The molecule has 2 fully saturated rings. The molecule has 2 amide bonds. The summed E-state index contributed by atoms with van der Waals surface area (Å²) in [5.74, 6) is 0.284. The van der Waals surface area contributed by atoms with Crippen LogP contribution in [0.25, 0.3) is 0 Å². The van der Waals surface area contributed by atoms with Gasteiger partial charge in [-0.1, -0.05) is 6.07 Å². The Morgan fingerprint density at radius 2 is 2.07 bits per heavy atom. The maximum absolute atomic E-state index is 12.8. The topological polar surface area (TPSA) is 84.2 Å². The molecule has 8 heteroatoms. The highest BCUT2D eigenvalue weighted by atomic mass is 16.2. The molecule has 2 aliphatic heterocycles. The second-order valence-electron chi connectivity index (χ2n) is 7.95. The van der Waals surface area contributed by atoms with Crippen molar-refractivity contribution in [3.05, 3.63) is 42.7 Å². The van der Waals surface area contributed by atoms with E-state index in [0.29, 0.717) is 13.0 Å². The van der Waals surface area contributed by atoms with Gasteiger partial charge in [-0.3, -0.25) is 14.6 Å². The van der Waals surface area contributed by atoms with Crippen molar-refractivity contribution in [2.75, 3.05) is 19.6 Å². The number of pyridine rings is 1. The minimum absolute atomic E-state index is 0.0811. The first-order valence-electron chi connectivity index (χ1n) is 9.87. The lowest BCUT2D eigenvalue weighted by Crippen LogP contribution is -2.52. The Balaban J connectivity index is 1.37. The fourth-order valence-electron chi connectivity index (χ4n) is 4.34. The molecule has 2 saturated heterocycles. The van der Waals surface area contributed by atoms with E-state index in [9.17, 15) is 9.59 Å². The molecule has 4 rings (SSSR count). The maximum Gasteiger partial charge on any atom is 0.247 e. The summed E-state index contributed by atoms with van der Waals surface area (Å²) in [7, 11) is 0. The zero-order valence-corrected chi connectivity index (χ0v) is 16.2. The average molecular weight is 382 g/mol. The number of hydrogen-bond donors (Lipinski definition) is 0. The number of amides is 2. The third-order valence-corrected chi connectivity index (χ3v) is 6.15. The van der Waals surface area contributed by atoms with E-state index in [-0.39, 0.29) is 23.3 Å². The molecular formula is C20H26N6O2. The first-order valence-corrected chi connectivity index (χ1v) is 9.87. The van der Waals surface area contributed by atoms with E-state index in [2.05, 4.69) is 15.1 Å². The van der Waals surface area contributed by atoms with Gasteiger partial charge >= 0.3 is 0 Å². The number of carbonyl (C=O) groups is 2. The summed E-state index contributed by atoms with van der Waals surface area (Å²) in [4.78, 5) is 37.4. The number of carbonyl (C=O) groups excluding carboxylic acids is 2. The van der Waals surface area contributed by atoms with Crippen LogP contribution in [0.1, 0.15) is 44.3 Å². The zero-order chi connectivity index (χ0) is 19.6. The maximum atomic E-state index is 12.8. The molecule has 148 valence electrons. The first kappa shape index (κ1) is 18.6. The van der Waals surface area contributed by atoms with Crippen LogP contribution < -0.4 is 0 Å². The molecule has 2 aliphatic rings. The van der Waals surface area contributed by atoms with E-state index in [4.69, 9.17) is 0 Å². The van der Waals surface area contributed by atoms with Crippen LogP contribution in [0.5, 0.6) is 0 Å². The summed E-state index contributed by atoms with van der Waals surface area (Å²) in [6, 6.07) is 5.45. The highest BCUT2D eigenvalue weighted by Gasteiger charge is 2.42. The summed E-state index contributed by atoms with van der Waals surface area (Å²) in [6.07, 6.45) is 8.13. The van der Waals surface area contributed by atoms with Crippen molar-refractivity contribution in [2.45, 2.75) is 45.2 Å². The molecule has 0 bridgehead atoms. The molecule has 1 atom stereocenters. The van der Waals surface area contributed by atoms with Crippen LogP contribution in [-0.4, -0.2) is 61.0 Å². The lowest BCUT2D eigenvalue weighted by atomic mass is 9.72. The number of aromatic nitrogens is 4. The Morgan fingerprint density at radius 3 is 2.75 bits per heavy atom. The minimum Gasteiger partial charge on any atom is -0.341 e. The molecule has 4 heterocycles. The summed E-state index contributed by atoms with van der Waals surface area (Å²) >= 11 is 0. The van der Waals surface area contributed by atoms with Crippen molar-refractivity contribution >= 4 is 11.8 Å². The van der Waals surface area contributed by atoms with Gasteiger partial charge in [0, 0.05) is 32.3 Å². The predicted octanol–water partition coefficient (Wildman–Crippen LogP) is 1.67. The molecular weight excluding hydrogens is 356 g/mol. The quantitative estimate of drug-likeness (QED) is 0.803. The van der Waals surface area contributed by atoms with Gasteiger partial charge in [-0.15, -0.1) is 0 Å². The van der Waals surface area contributed by atoms with Crippen molar-refractivity contribution < 1.29 is 9.59 Å². The summed E-state index contributed by atoms with van der Waals surface area (Å²) in [5, 5.41) is 4.08. The second-order valence-corrected chi connectivity index (χ2v) is 7.95. The van der Waals surface area contributed by atoms with Crippen LogP contribution >= 0.6 is 0 Å². The van der Waals surface area contributed by atoms with Crippen molar-refractivity contribution in [1.82, 2.24) is 29.5 Å². The Morgan fingerprint density at radius 1 is 1.25 bits per heavy atom. The molecule has 28 heavy (non-hydrogen) atoms. The second kappa shape index (κ2) is 7.69. The molecule has 0 saturated carbocycles. The number of likely N-dealkylation sites (tertiary alicyclic amines) is 2. The normalized spacial score (nSPS) is 20.4. The average Bonchev–Trinajstić information content (AvgIpc) is 3.26. The van der Waals surface area contributed by atoms with Gasteiger partial charge in [0.25, 0.3) is 0 Å². The molecule has 0 unspecified atom stereocenters. The monoisotopic (exact) mass is 382 g/mol. The van der Waals surface area contributed by atoms with Gasteiger partial charge in [0.15, 0.2) is 0 Å². The molecule has 0 aliphatic carbocycles. The standard InChI is InChI=1S/C20H26N6O2/c1-16(26-15-21-14-23-26)19(28)24-10-7-20(8-11-24)6-5-18(27)25(13-20)12-17-4-2-3-9-22-17/h2-4,9,14-16H,5-8,10-13H2,1H3/t16-/m1/s1. The highest BCUT2D eigenvalue weighted by Crippen LogP contribution is 2.40. The minimum atomic E-state index is -0.342. The van der Waals surface area contributed by atoms with Crippen LogP contribution in [0.2, 0.25) is 0 Å². The zero-order valence-electron chi connectivity index (χ0n) is 16.2. The molecule has 0 aromatic carbocycles. The van der Waals surface area contributed by atoms with E-state index < -0.39 is 0 Å². The van der Waals surface area contributed by atoms with Crippen LogP contribution in [0, 0.1) is 5.41 Å². The van der Waals surface area contributed by atoms with Crippen LogP contribution in [-0.2, 0) is 16.1 Å². The first-order chi connectivity index (χ1) is 13.6. The summed E-state index contributed by atoms with van der Waals surface area (Å²) in [6.45, 7) is 4.62. The van der Waals surface area contributed by atoms with E-state index >= 15 is 0 Å². The lowest BCUT2D eigenvalue weighted by Gasteiger charge is -2.47. The van der Waals surface area contributed by atoms with Gasteiger partial charge < -0.3 is 9.80 Å². The molecule has 2 aromatic heterocycles. The van der Waals surface area contributed by atoms with E-state index in [1.807, 2.05) is 34.9 Å². The molecule has 0 N–H and O–H groups in total. The third-order valence-electron chi connectivity index (χ3n) is 6.15. The summed E-state index contributed by atoms with van der Waals surface area (Å²) in [5.41, 5.74) is 1.03. The van der Waals surface area contributed by atoms with Crippen molar-refractivity contribution in [3.63, 3.8) is 0 Å². The number of piperidine rings is 2. The van der Waals surface area contributed by atoms with E-state index in [0.717, 1.165) is 44.6 Å². The number of nitrogens with zero attached hydrogens (tertiary/aromatic N) is 6. The molecule has 1 spiro atoms. The van der Waals surface area contributed by atoms with Crippen molar-refractivity contribution in [1.29, 1.82) is 0 Å². The fourth-order valence-corrected chi connectivity index (χ4v) is 4.34. The number of rotatable bonds is 4. The van der Waals surface area contributed by atoms with E-state index in [1.54, 1.807) is 17.2 Å². The molecule has 8 nitrogen and oxygen atoms in total.